The fourth-order valence-electron chi connectivity index (χ4n) is 8.79. The Balaban J connectivity index is 1.05. The molecule has 60 heavy (non-hydrogen) atoms. The molecule has 0 saturated carbocycles. The molecule has 0 radical (unpaired) electrons. The van der Waals surface area contributed by atoms with Gasteiger partial charge in [-0.1, -0.05) is 170 Å². The molecule has 2 heteroatoms. The van der Waals surface area contributed by atoms with Gasteiger partial charge in [-0.2, -0.15) is 0 Å². The summed E-state index contributed by atoms with van der Waals surface area (Å²) in [5.41, 5.74) is 21.6. The van der Waals surface area contributed by atoms with E-state index in [4.69, 9.17) is 0 Å². The van der Waals surface area contributed by atoms with E-state index in [0.717, 1.165) is 17.1 Å². The molecule has 286 valence electrons. The smallest absolute Gasteiger partial charge is 0.0613 e. The van der Waals surface area contributed by atoms with E-state index in [1.54, 1.807) is 0 Å². The van der Waals surface area contributed by atoms with Gasteiger partial charge in [0.1, 0.15) is 0 Å². The van der Waals surface area contributed by atoms with E-state index in [1.807, 2.05) is 0 Å². The van der Waals surface area contributed by atoms with Crippen LogP contribution in [-0.4, -0.2) is 4.40 Å². The van der Waals surface area contributed by atoms with Gasteiger partial charge in [-0.3, -0.25) is 0 Å². The lowest BCUT2D eigenvalue weighted by Crippen LogP contribution is -2.10. The molecule has 10 aromatic rings. The van der Waals surface area contributed by atoms with Crippen molar-refractivity contribution in [1.29, 1.82) is 0 Å². The first-order chi connectivity index (χ1) is 29.6. The SMILES string of the molecule is Cc1cc(-c2c(-c3ccccc3)c(-c3ccccc3)c3ccccn23)ccc1-c1ccc(N(c2ccc(-c3ccccc3)cc2)c2ccc(-c3ccccc3)cc2)cc1C. The topological polar surface area (TPSA) is 7.65 Å². The molecule has 0 fully saturated rings. The largest absolute Gasteiger partial charge is 0.315 e. The van der Waals surface area contributed by atoms with Crippen LogP contribution >= 0.6 is 0 Å². The molecule has 2 aromatic heterocycles. The van der Waals surface area contributed by atoms with Crippen molar-refractivity contribution < 1.29 is 0 Å². The fourth-order valence-corrected chi connectivity index (χ4v) is 8.79. The van der Waals surface area contributed by atoms with E-state index in [0.29, 0.717) is 0 Å². The van der Waals surface area contributed by atoms with Crippen LogP contribution in [0, 0.1) is 13.8 Å². The molecule has 0 bridgehead atoms. The van der Waals surface area contributed by atoms with E-state index in [1.165, 1.54) is 83.5 Å². The molecular formula is C58H44N2. The molecule has 2 heterocycles. The highest BCUT2D eigenvalue weighted by atomic mass is 15.1. The van der Waals surface area contributed by atoms with Crippen molar-refractivity contribution in [2.24, 2.45) is 0 Å². The van der Waals surface area contributed by atoms with E-state index in [2.05, 4.69) is 254 Å². The van der Waals surface area contributed by atoms with Gasteiger partial charge < -0.3 is 9.30 Å². The summed E-state index contributed by atoms with van der Waals surface area (Å²) in [5.74, 6) is 0. The fraction of sp³-hybridized carbons (Fsp3) is 0.0345. The van der Waals surface area contributed by atoms with Gasteiger partial charge in [-0.05, 0) is 130 Å². The van der Waals surface area contributed by atoms with Crippen molar-refractivity contribution in [1.82, 2.24) is 4.40 Å². The first kappa shape index (κ1) is 36.6. The van der Waals surface area contributed by atoms with E-state index in [9.17, 15) is 0 Å². The zero-order valence-electron chi connectivity index (χ0n) is 33.8. The van der Waals surface area contributed by atoms with Gasteiger partial charge in [0.15, 0.2) is 0 Å². The molecule has 0 N–H and O–H groups in total. The first-order valence-electron chi connectivity index (χ1n) is 20.7. The summed E-state index contributed by atoms with van der Waals surface area (Å²) in [7, 11) is 0. The van der Waals surface area contributed by atoms with E-state index >= 15 is 0 Å². The summed E-state index contributed by atoms with van der Waals surface area (Å²) >= 11 is 0. The second kappa shape index (κ2) is 15.9. The van der Waals surface area contributed by atoms with Crippen LogP contribution in [0.1, 0.15) is 11.1 Å². The molecule has 2 nitrogen and oxygen atoms in total. The third-order valence-electron chi connectivity index (χ3n) is 11.7. The number of aryl methyl sites for hydroxylation is 2. The summed E-state index contributed by atoms with van der Waals surface area (Å²) in [4.78, 5) is 2.36. The Morgan fingerprint density at radius 1 is 0.317 bits per heavy atom. The van der Waals surface area contributed by atoms with Crippen molar-refractivity contribution in [3.8, 4) is 66.9 Å². The molecular weight excluding hydrogens is 725 g/mol. The van der Waals surface area contributed by atoms with Gasteiger partial charge in [0.2, 0.25) is 0 Å². The Kier molecular flexibility index (Phi) is 9.73. The first-order valence-corrected chi connectivity index (χ1v) is 20.7. The number of nitrogens with zero attached hydrogens (tertiary/aromatic N) is 2. The Hall–Kier alpha value is -7.68. The number of rotatable bonds is 9. The van der Waals surface area contributed by atoms with Crippen LogP contribution in [0.3, 0.4) is 0 Å². The van der Waals surface area contributed by atoms with Crippen LogP contribution in [0.2, 0.25) is 0 Å². The van der Waals surface area contributed by atoms with Crippen molar-refractivity contribution in [3.05, 3.63) is 242 Å². The lowest BCUT2D eigenvalue weighted by molar-refractivity contribution is 1.20. The van der Waals surface area contributed by atoms with Gasteiger partial charge in [0, 0.05) is 34.4 Å². The Morgan fingerprint density at radius 3 is 1.22 bits per heavy atom. The maximum atomic E-state index is 2.37. The minimum atomic E-state index is 1.11. The van der Waals surface area contributed by atoms with Gasteiger partial charge in [0.25, 0.3) is 0 Å². The molecule has 0 spiro atoms. The summed E-state index contributed by atoms with van der Waals surface area (Å²) in [6.45, 7) is 4.48. The van der Waals surface area contributed by atoms with Crippen molar-refractivity contribution >= 4 is 22.6 Å². The monoisotopic (exact) mass is 768 g/mol. The third kappa shape index (κ3) is 6.89. The lowest BCUT2D eigenvalue weighted by atomic mass is 9.91. The van der Waals surface area contributed by atoms with Gasteiger partial charge >= 0.3 is 0 Å². The Labute approximate surface area is 352 Å². The molecule has 0 atom stereocenters. The highest BCUT2D eigenvalue weighted by molar-refractivity contribution is 6.03. The minimum absolute atomic E-state index is 1.11. The van der Waals surface area contributed by atoms with E-state index in [-0.39, 0.29) is 0 Å². The summed E-state index contributed by atoms with van der Waals surface area (Å²) in [5, 5.41) is 0. The molecule has 0 saturated heterocycles. The Morgan fingerprint density at radius 2 is 0.717 bits per heavy atom. The highest BCUT2D eigenvalue weighted by Crippen LogP contribution is 2.46. The van der Waals surface area contributed by atoms with Gasteiger partial charge in [-0.15, -0.1) is 0 Å². The number of benzene rings is 8. The molecule has 0 aliphatic heterocycles. The maximum Gasteiger partial charge on any atom is 0.0613 e. The average molecular weight is 769 g/mol. The van der Waals surface area contributed by atoms with E-state index < -0.39 is 0 Å². The zero-order chi connectivity index (χ0) is 40.4. The number of pyridine rings is 1. The van der Waals surface area contributed by atoms with Crippen LogP contribution in [0.5, 0.6) is 0 Å². The lowest BCUT2D eigenvalue weighted by Gasteiger charge is -2.27. The normalized spacial score (nSPS) is 11.2. The zero-order valence-corrected chi connectivity index (χ0v) is 33.8. The van der Waals surface area contributed by atoms with Crippen molar-refractivity contribution in [2.45, 2.75) is 13.8 Å². The number of fused-ring (bicyclic) bond motifs is 1. The summed E-state index contributed by atoms with van der Waals surface area (Å²) in [6.07, 6.45) is 2.20. The molecule has 0 aliphatic rings. The molecule has 0 unspecified atom stereocenters. The molecule has 0 amide bonds. The molecule has 8 aromatic carbocycles. The quantitative estimate of drug-likeness (QED) is 0.142. The number of hydrogen-bond acceptors (Lipinski definition) is 1. The van der Waals surface area contributed by atoms with Gasteiger partial charge in [0.05, 0.1) is 11.2 Å². The summed E-state index contributed by atoms with van der Waals surface area (Å²) < 4.78 is 2.37. The standard InChI is InChI=1S/C58H44N2/c1-41-39-49(58-57(48-23-13-6-14-24-48)56(47-21-11-5-12-22-47)55-25-15-16-38-59(55)58)30-36-53(41)54-37-35-52(40-42(54)2)60(50-31-26-45(27-32-50)43-17-7-3-8-18-43)51-33-28-46(29-34-51)44-19-9-4-10-20-44/h3-40H,1-2H3. The minimum Gasteiger partial charge on any atom is -0.315 e. The van der Waals surface area contributed by atoms with Crippen LogP contribution in [0.4, 0.5) is 17.1 Å². The molecule has 10 rings (SSSR count). The molecule has 0 aliphatic carbocycles. The second-order valence-corrected chi connectivity index (χ2v) is 15.5. The van der Waals surface area contributed by atoms with Gasteiger partial charge in [-0.25, -0.2) is 0 Å². The van der Waals surface area contributed by atoms with Crippen LogP contribution < -0.4 is 4.90 Å². The number of hydrogen-bond donors (Lipinski definition) is 0. The van der Waals surface area contributed by atoms with Crippen LogP contribution in [-0.2, 0) is 0 Å². The van der Waals surface area contributed by atoms with Crippen LogP contribution in [0.15, 0.2) is 231 Å². The third-order valence-corrected chi connectivity index (χ3v) is 11.7. The van der Waals surface area contributed by atoms with Crippen molar-refractivity contribution in [3.63, 3.8) is 0 Å². The highest BCUT2D eigenvalue weighted by Gasteiger charge is 2.23. The maximum absolute atomic E-state index is 2.37. The number of aromatic nitrogens is 1. The second-order valence-electron chi connectivity index (χ2n) is 15.5. The predicted molar refractivity (Wildman–Crippen MR) is 254 cm³/mol. The summed E-state index contributed by atoms with van der Waals surface area (Å²) in [6, 6.07) is 81.0. The predicted octanol–water partition coefficient (Wildman–Crippen LogP) is 16.0. The average Bonchev–Trinajstić information content (AvgIpc) is 3.66. The van der Waals surface area contributed by atoms with Crippen LogP contribution in [0.25, 0.3) is 72.4 Å². The number of anilines is 3. The Bertz CT molecular complexity index is 2970. The van der Waals surface area contributed by atoms with Crippen molar-refractivity contribution in [2.75, 3.05) is 4.90 Å².